The molecule has 0 heterocycles. The molecule has 12 heteroatoms. The van der Waals surface area contributed by atoms with E-state index in [1.165, 1.54) is 30.3 Å². The van der Waals surface area contributed by atoms with E-state index in [-0.39, 0.29) is 30.6 Å². The van der Waals surface area contributed by atoms with Crippen molar-refractivity contribution in [1.82, 2.24) is 5.32 Å². The van der Waals surface area contributed by atoms with E-state index in [1.807, 2.05) is 0 Å². The van der Waals surface area contributed by atoms with Gasteiger partial charge >= 0.3 is 6.18 Å². The van der Waals surface area contributed by atoms with E-state index in [0.29, 0.717) is 33.0 Å². The number of carbonyl (C=O) groups is 1. The Morgan fingerprint density at radius 1 is 1.00 bits per heavy atom. The molecule has 0 atom stereocenters. The van der Waals surface area contributed by atoms with Crippen LogP contribution in [-0.4, -0.2) is 40.8 Å². The van der Waals surface area contributed by atoms with E-state index >= 15 is 0 Å². The molecule has 1 amide bonds. The predicted molar refractivity (Wildman–Crippen MR) is 135 cm³/mol. The summed E-state index contributed by atoms with van der Waals surface area (Å²) >= 11 is 5.72. The summed E-state index contributed by atoms with van der Waals surface area (Å²) in [7, 11) is -2.53. The minimum atomic E-state index is -4.82. The monoisotopic (exact) mass is 556 g/mol. The van der Waals surface area contributed by atoms with E-state index in [0.717, 1.165) is 12.3 Å². The molecule has 0 fully saturated rings. The lowest BCUT2D eigenvalue weighted by atomic mass is 10.1. The van der Waals surface area contributed by atoms with Gasteiger partial charge < -0.3 is 14.8 Å². The Balaban J connectivity index is 1.65. The number of halogens is 4. The first kappa shape index (κ1) is 28.1. The fourth-order valence-electron chi connectivity index (χ4n) is 3.37. The molecule has 0 bridgehead atoms. The molecule has 0 spiro atoms. The highest BCUT2D eigenvalue weighted by atomic mass is 35.5. The zero-order chi connectivity index (χ0) is 27.2. The zero-order valence-corrected chi connectivity index (χ0v) is 21.5. The number of nitrogens with zero attached hydrogens (tertiary/aromatic N) is 1. The maximum atomic E-state index is 13.6. The molecule has 0 aliphatic carbocycles. The molecule has 37 heavy (non-hydrogen) atoms. The molecule has 0 saturated carbocycles. The average molecular weight is 557 g/mol. The van der Waals surface area contributed by atoms with E-state index in [1.54, 1.807) is 31.4 Å². The van der Waals surface area contributed by atoms with E-state index in [2.05, 4.69) is 5.32 Å². The largest absolute Gasteiger partial charge is 0.497 e. The third kappa shape index (κ3) is 7.77. The normalized spacial score (nSPS) is 11.6. The van der Waals surface area contributed by atoms with Gasteiger partial charge in [0, 0.05) is 10.6 Å². The Hall–Kier alpha value is -3.44. The van der Waals surface area contributed by atoms with Crippen molar-refractivity contribution in [3.05, 3.63) is 88.4 Å². The molecule has 1 N–H and O–H groups in total. The molecule has 7 nitrogen and oxygen atoms in total. The molecule has 198 valence electrons. The molecule has 3 aromatic carbocycles. The van der Waals surface area contributed by atoms with Crippen LogP contribution in [0.2, 0.25) is 5.02 Å². The van der Waals surface area contributed by atoms with E-state index in [9.17, 15) is 26.4 Å². The number of benzene rings is 3. The number of nitrogens with one attached hydrogen (secondary N) is 1. The summed E-state index contributed by atoms with van der Waals surface area (Å²) < 4.78 is 76.8. The van der Waals surface area contributed by atoms with Crippen molar-refractivity contribution in [2.45, 2.75) is 12.7 Å². The minimum Gasteiger partial charge on any atom is -0.497 e. The van der Waals surface area contributed by atoms with Crippen LogP contribution in [0.4, 0.5) is 18.9 Å². The quantitative estimate of drug-likeness (QED) is 0.349. The highest BCUT2D eigenvalue weighted by Crippen LogP contribution is 2.39. The van der Waals surface area contributed by atoms with Gasteiger partial charge in [-0.15, -0.1) is 0 Å². The Labute approximate surface area is 217 Å². The highest BCUT2D eigenvalue weighted by molar-refractivity contribution is 7.92. The topological polar surface area (TPSA) is 84.9 Å². The fraction of sp³-hybridized carbons (Fsp3) is 0.240. The first-order valence-corrected chi connectivity index (χ1v) is 13.1. The summed E-state index contributed by atoms with van der Waals surface area (Å²) in [6.45, 7) is 0.0779. The first-order chi connectivity index (χ1) is 17.4. The second-order valence-electron chi connectivity index (χ2n) is 7.91. The third-order valence-electron chi connectivity index (χ3n) is 5.19. The van der Waals surface area contributed by atoms with Crippen LogP contribution in [0.5, 0.6) is 11.5 Å². The lowest BCUT2D eigenvalue weighted by Gasteiger charge is -2.26. The number of methoxy groups -OCH3 is 1. The minimum absolute atomic E-state index is 0.172. The zero-order valence-electron chi connectivity index (χ0n) is 19.9. The number of hydrogen-bond donors (Lipinski definition) is 1. The smallest absolute Gasteiger partial charge is 0.418 e. The number of ether oxygens (including phenoxy) is 2. The van der Waals surface area contributed by atoms with Gasteiger partial charge in [-0.05, 0) is 60.2 Å². The van der Waals surface area contributed by atoms with Crippen molar-refractivity contribution in [1.29, 1.82) is 0 Å². The Bertz CT molecular complexity index is 1330. The molecule has 0 aromatic heterocycles. The van der Waals surface area contributed by atoms with Crippen LogP contribution in [0.3, 0.4) is 0 Å². The maximum Gasteiger partial charge on any atom is 0.418 e. The summed E-state index contributed by atoms with van der Waals surface area (Å²) in [5.41, 5.74) is -1.04. The Kier molecular flexibility index (Phi) is 8.93. The molecule has 0 aliphatic heterocycles. The second-order valence-corrected chi connectivity index (χ2v) is 10.2. The molecule has 0 saturated heterocycles. The summed E-state index contributed by atoms with van der Waals surface area (Å²) in [5.74, 6) is 0.920. The molecule has 0 radical (unpaired) electrons. The van der Waals surface area contributed by atoms with Gasteiger partial charge in [-0.25, -0.2) is 8.42 Å². The number of alkyl halides is 3. The van der Waals surface area contributed by atoms with Crippen molar-refractivity contribution in [2.75, 3.05) is 30.8 Å². The van der Waals surface area contributed by atoms with Gasteiger partial charge in [-0.2, -0.15) is 13.2 Å². The summed E-state index contributed by atoms with van der Waals surface area (Å²) in [4.78, 5) is 12.4. The van der Waals surface area contributed by atoms with Gasteiger partial charge in [0.2, 0.25) is 10.0 Å². The summed E-state index contributed by atoms with van der Waals surface area (Å²) in [6, 6.07) is 15.7. The maximum absolute atomic E-state index is 13.6. The third-order valence-corrected chi connectivity index (χ3v) is 6.55. The number of anilines is 1. The van der Waals surface area contributed by atoms with Crippen LogP contribution >= 0.6 is 11.6 Å². The number of rotatable bonds is 10. The molecule has 0 aliphatic rings. The number of carbonyl (C=O) groups excluding carboxylic acids is 1. The van der Waals surface area contributed by atoms with Crippen LogP contribution in [0.25, 0.3) is 0 Å². The van der Waals surface area contributed by atoms with Crippen molar-refractivity contribution >= 4 is 33.2 Å². The van der Waals surface area contributed by atoms with Gasteiger partial charge in [-0.1, -0.05) is 23.7 Å². The van der Waals surface area contributed by atoms with Gasteiger partial charge in [-0.3, -0.25) is 9.10 Å². The van der Waals surface area contributed by atoms with Gasteiger partial charge in [0.25, 0.3) is 5.91 Å². The lowest BCUT2D eigenvalue weighted by molar-refractivity contribution is -0.137. The van der Waals surface area contributed by atoms with Gasteiger partial charge in [0.05, 0.1) is 37.7 Å². The van der Waals surface area contributed by atoms with Crippen LogP contribution in [0.15, 0.2) is 66.7 Å². The second kappa shape index (κ2) is 11.7. The van der Waals surface area contributed by atoms with Crippen molar-refractivity contribution in [3.63, 3.8) is 0 Å². The van der Waals surface area contributed by atoms with E-state index < -0.39 is 27.5 Å². The Morgan fingerprint density at radius 3 is 2.19 bits per heavy atom. The number of hydrogen-bond acceptors (Lipinski definition) is 5. The van der Waals surface area contributed by atoms with Gasteiger partial charge in [0.15, 0.2) is 0 Å². The van der Waals surface area contributed by atoms with Crippen molar-refractivity contribution in [2.24, 2.45) is 0 Å². The highest BCUT2D eigenvalue weighted by Gasteiger charge is 2.37. The fourth-order valence-corrected chi connectivity index (χ4v) is 4.44. The Morgan fingerprint density at radius 2 is 1.62 bits per heavy atom. The van der Waals surface area contributed by atoms with Crippen LogP contribution in [0.1, 0.15) is 21.5 Å². The molecule has 3 aromatic rings. The van der Waals surface area contributed by atoms with Crippen LogP contribution < -0.4 is 19.1 Å². The standard InChI is InChI=1S/C25H24ClF3N2O5S/c1-35-20-8-10-21(11-9-20)36-14-13-30-24(32)18-5-3-17(4-6-18)16-31(37(2,33)34)23-12-7-19(26)15-22(23)25(27,28)29/h3-12,15H,13-14,16H2,1-2H3,(H,30,32). The van der Waals surface area contributed by atoms with Gasteiger partial charge in [0.1, 0.15) is 18.1 Å². The first-order valence-electron chi connectivity index (χ1n) is 10.9. The van der Waals surface area contributed by atoms with Crippen LogP contribution in [-0.2, 0) is 22.7 Å². The number of amides is 1. The molecular weight excluding hydrogens is 533 g/mol. The predicted octanol–water partition coefficient (Wildman–Crippen LogP) is 5.14. The SMILES string of the molecule is COc1ccc(OCCNC(=O)c2ccc(CN(c3ccc(Cl)cc3C(F)(F)F)S(C)(=O)=O)cc2)cc1. The summed E-state index contributed by atoms with van der Waals surface area (Å²) in [5, 5.41) is 2.53. The summed E-state index contributed by atoms with van der Waals surface area (Å²) in [6.07, 6.45) is -4.00. The molecular formula is C25H24ClF3N2O5S. The van der Waals surface area contributed by atoms with Crippen LogP contribution in [0, 0.1) is 0 Å². The van der Waals surface area contributed by atoms with Crippen molar-refractivity contribution in [3.8, 4) is 11.5 Å². The van der Waals surface area contributed by atoms with E-state index in [4.69, 9.17) is 21.1 Å². The van der Waals surface area contributed by atoms with Crippen molar-refractivity contribution < 1.29 is 35.9 Å². The number of sulfonamides is 1. The average Bonchev–Trinajstić information content (AvgIpc) is 2.85. The lowest BCUT2D eigenvalue weighted by Crippen LogP contribution is -2.31. The molecule has 0 unspecified atom stereocenters. The molecule has 3 rings (SSSR count).